The van der Waals surface area contributed by atoms with Crippen LogP contribution in [0.3, 0.4) is 0 Å². The fraction of sp³-hybridized carbons (Fsp3) is 0.304. The molecule has 2 aliphatic rings. The fourth-order valence-electron chi connectivity index (χ4n) is 4.38. The molecule has 0 bridgehead atoms. The molecule has 1 saturated heterocycles. The topological polar surface area (TPSA) is 61.1 Å². The highest BCUT2D eigenvalue weighted by atomic mass is 16.3. The lowest BCUT2D eigenvalue weighted by Crippen LogP contribution is -2.45. The maximum atomic E-state index is 12.7. The van der Waals surface area contributed by atoms with Crippen molar-refractivity contribution in [3.05, 3.63) is 64.7 Å². The van der Waals surface area contributed by atoms with Crippen LogP contribution >= 0.6 is 0 Å². The summed E-state index contributed by atoms with van der Waals surface area (Å²) in [6, 6.07) is 15.4. The van der Waals surface area contributed by atoms with E-state index in [-0.39, 0.29) is 11.8 Å². The van der Waals surface area contributed by atoms with Crippen molar-refractivity contribution in [1.29, 1.82) is 0 Å². The highest BCUT2D eigenvalue weighted by molar-refractivity contribution is 6.24. The Morgan fingerprint density at radius 3 is 2.52 bits per heavy atom. The molecule has 0 radical (unpaired) electrons. The Kier molecular flexibility index (Phi) is 4.45. The highest BCUT2D eigenvalue weighted by Crippen LogP contribution is 2.36. The maximum Gasteiger partial charge on any atom is 0.279 e. The summed E-state index contributed by atoms with van der Waals surface area (Å²) in [7, 11) is 2.15. The molecule has 0 saturated carbocycles. The average molecular weight is 388 g/mol. The Balaban J connectivity index is 1.59. The average Bonchev–Trinajstić information content (AvgIpc) is 3.20. The molecule has 0 atom stereocenters. The second kappa shape index (κ2) is 7.13. The van der Waals surface area contributed by atoms with Crippen molar-refractivity contribution < 1.29 is 9.90 Å². The Morgan fingerprint density at radius 2 is 1.69 bits per heavy atom. The van der Waals surface area contributed by atoms with Crippen LogP contribution in [0.25, 0.3) is 16.5 Å². The number of aromatic nitrogens is 1. The van der Waals surface area contributed by atoms with Crippen molar-refractivity contribution in [3.8, 4) is 5.88 Å². The van der Waals surface area contributed by atoms with E-state index >= 15 is 0 Å². The number of fused-ring (bicyclic) bond motifs is 2. The Morgan fingerprint density at radius 1 is 0.966 bits per heavy atom. The van der Waals surface area contributed by atoms with Gasteiger partial charge in [-0.3, -0.25) is 9.69 Å². The molecule has 0 unspecified atom stereocenters. The predicted octanol–water partition coefficient (Wildman–Crippen LogP) is 0.953. The molecular weight excluding hydrogens is 364 g/mol. The maximum absolute atomic E-state index is 12.7. The molecule has 1 fully saturated rings. The van der Waals surface area contributed by atoms with E-state index in [1.54, 1.807) is 0 Å². The summed E-state index contributed by atoms with van der Waals surface area (Å²) >= 11 is 0. The van der Waals surface area contributed by atoms with Gasteiger partial charge in [-0.25, -0.2) is 4.99 Å². The van der Waals surface area contributed by atoms with Crippen LogP contribution < -0.4 is 10.6 Å². The van der Waals surface area contributed by atoms with E-state index in [9.17, 15) is 9.90 Å². The molecule has 29 heavy (non-hydrogen) atoms. The molecule has 0 spiro atoms. The molecule has 1 N–H and O–H groups in total. The molecule has 6 heteroatoms. The Bertz CT molecular complexity index is 1220. The van der Waals surface area contributed by atoms with E-state index in [4.69, 9.17) is 0 Å². The third-order valence-corrected chi connectivity index (χ3v) is 6.04. The summed E-state index contributed by atoms with van der Waals surface area (Å²) in [6.07, 6.45) is 0. The number of amides is 1. The van der Waals surface area contributed by atoms with Crippen molar-refractivity contribution in [2.24, 2.45) is 4.99 Å². The molecule has 0 aliphatic carbocycles. The zero-order valence-corrected chi connectivity index (χ0v) is 16.5. The number of hydrogen-bond donors (Lipinski definition) is 1. The number of hydrogen-bond acceptors (Lipinski definition) is 4. The van der Waals surface area contributed by atoms with Gasteiger partial charge in [0.1, 0.15) is 0 Å². The van der Waals surface area contributed by atoms with Gasteiger partial charge in [-0.05, 0) is 19.2 Å². The fourth-order valence-corrected chi connectivity index (χ4v) is 4.38. The van der Waals surface area contributed by atoms with E-state index in [0.717, 1.165) is 48.8 Å². The monoisotopic (exact) mass is 388 g/mol. The molecule has 1 amide bonds. The van der Waals surface area contributed by atoms with Crippen LogP contribution in [0.1, 0.15) is 5.56 Å². The number of piperazine rings is 1. The lowest BCUT2D eigenvalue weighted by Gasteiger charge is -2.32. The van der Waals surface area contributed by atoms with Crippen LogP contribution in [0.4, 0.5) is 0 Å². The molecule has 2 aromatic carbocycles. The minimum absolute atomic E-state index is 0.149. The van der Waals surface area contributed by atoms with Crippen molar-refractivity contribution in [1.82, 2.24) is 14.4 Å². The number of carbonyl (C=O) groups is 1. The minimum atomic E-state index is -0.288. The summed E-state index contributed by atoms with van der Waals surface area (Å²) in [4.78, 5) is 21.7. The molecule has 6 nitrogen and oxygen atoms in total. The van der Waals surface area contributed by atoms with Gasteiger partial charge in [0.25, 0.3) is 5.91 Å². The highest BCUT2D eigenvalue weighted by Gasteiger charge is 2.27. The quantitative estimate of drug-likeness (QED) is 0.723. The van der Waals surface area contributed by atoms with Crippen LogP contribution in [0.15, 0.2) is 53.5 Å². The third-order valence-electron chi connectivity index (χ3n) is 6.04. The number of aromatic hydroxyl groups is 1. The number of rotatable bonds is 4. The molecule has 148 valence electrons. The molecule has 5 rings (SSSR count). The van der Waals surface area contributed by atoms with E-state index in [1.165, 1.54) is 0 Å². The van der Waals surface area contributed by atoms with Gasteiger partial charge in [0, 0.05) is 49.9 Å². The number of likely N-dealkylation sites (N-methyl/N-ethyl adjacent to an activating group) is 1. The molecular formula is C23H24N4O2. The van der Waals surface area contributed by atoms with Crippen molar-refractivity contribution in [2.45, 2.75) is 6.54 Å². The first-order valence-electron chi connectivity index (χ1n) is 10.1. The van der Waals surface area contributed by atoms with Gasteiger partial charge >= 0.3 is 0 Å². The van der Waals surface area contributed by atoms with Crippen molar-refractivity contribution in [2.75, 3.05) is 39.8 Å². The first kappa shape index (κ1) is 18.1. The van der Waals surface area contributed by atoms with Crippen molar-refractivity contribution >= 4 is 22.4 Å². The summed E-state index contributed by atoms with van der Waals surface area (Å²) < 4.78 is 1.93. The van der Waals surface area contributed by atoms with Gasteiger partial charge in [-0.15, -0.1) is 0 Å². The molecule has 2 aliphatic heterocycles. The standard InChI is InChI=1S/C23H24N4O2/c1-25-10-12-26(13-11-25)14-15-27-19-9-5-3-7-17(19)21(23(27)29)20-16-6-2-4-8-18(16)24-22(20)28/h2-9,29H,10-15H2,1H3. The second-order valence-corrected chi connectivity index (χ2v) is 7.82. The van der Waals surface area contributed by atoms with E-state index in [0.29, 0.717) is 23.0 Å². The number of carbonyl (C=O) groups excluding carboxylic acids is 1. The van der Waals surface area contributed by atoms with E-state index < -0.39 is 0 Å². The van der Waals surface area contributed by atoms with Crippen LogP contribution in [-0.4, -0.2) is 65.2 Å². The summed E-state index contributed by atoms with van der Waals surface area (Å²) in [5.74, 6) is -0.140. The Labute approximate surface area is 169 Å². The summed E-state index contributed by atoms with van der Waals surface area (Å²) in [5, 5.41) is 13.6. The van der Waals surface area contributed by atoms with E-state index in [1.807, 2.05) is 53.1 Å². The molecule has 3 aromatic rings. The molecule has 3 heterocycles. The minimum Gasteiger partial charge on any atom is -0.494 e. The summed E-state index contributed by atoms with van der Waals surface area (Å²) in [5.41, 5.74) is 2.03. The first-order chi connectivity index (χ1) is 14.1. The van der Waals surface area contributed by atoms with Gasteiger partial charge in [-0.1, -0.05) is 36.4 Å². The van der Waals surface area contributed by atoms with Gasteiger partial charge < -0.3 is 14.6 Å². The zero-order valence-electron chi connectivity index (χ0n) is 16.5. The number of nitrogens with zero attached hydrogens (tertiary/aromatic N) is 4. The Hall–Kier alpha value is -2.96. The SMILES string of the molecule is CN1CCN(CCn2c(O)c(C3=c4ccccc4=NC3=O)c3ccccc32)CC1. The lowest BCUT2D eigenvalue weighted by molar-refractivity contribution is -0.112. The second-order valence-electron chi connectivity index (χ2n) is 7.82. The normalized spacial score (nSPS) is 17.7. The van der Waals surface area contributed by atoms with Gasteiger partial charge in [0.15, 0.2) is 5.88 Å². The molecule has 1 aromatic heterocycles. The lowest BCUT2D eigenvalue weighted by atomic mass is 10.0. The predicted molar refractivity (Wildman–Crippen MR) is 112 cm³/mol. The van der Waals surface area contributed by atoms with Crippen LogP contribution in [-0.2, 0) is 11.3 Å². The third kappa shape index (κ3) is 3.05. The zero-order chi connectivity index (χ0) is 20.0. The van der Waals surface area contributed by atoms with Crippen LogP contribution in [0.5, 0.6) is 5.88 Å². The van der Waals surface area contributed by atoms with Crippen LogP contribution in [0, 0.1) is 0 Å². The number of para-hydroxylation sites is 2. The number of benzene rings is 2. The van der Waals surface area contributed by atoms with Crippen LogP contribution in [0.2, 0.25) is 0 Å². The smallest absolute Gasteiger partial charge is 0.279 e. The summed E-state index contributed by atoms with van der Waals surface area (Å²) in [6.45, 7) is 5.74. The van der Waals surface area contributed by atoms with Gasteiger partial charge in [0.2, 0.25) is 0 Å². The van der Waals surface area contributed by atoms with Crippen molar-refractivity contribution in [3.63, 3.8) is 0 Å². The van der Waals surface area contributed by atoms with Gasteiger partial charge in [0.05, 0.1) is 22.0 Å². The largest absolute Gasteiger partial charge is 0.494 e. The first-order valence-corrected chi connectivity index (χ1v) is 10.1. The van der Waals surface area contributed by atoms with E-state index in [2.05, 4.69) is 21.8 Å². The van der Waals surface area contributed by atoms with Gasteiger partial charge in [-0.2, -0.15) is 0 Å².